The van der Waals surface area contributed by atoms with E-state index in [0.717, 1.165) is 52.1 Å². The molecule has 0 saturated carbocycles. The van der Waals surface area contributed by atoms with Crippen LogP contribution >= 0.6 is 0 Å². The number of hydrogen-bond acceptors (Lipinski definition) is 4. The molecule has 0 atom stereocenters. The zero-order valence-electron chi connectivity index (χ0n) is 15.7. The highest BCUT2D eigenvalue weighted by Gasteiger charge is 2.21. The van der Waals surface area contributed by atoms with Crippen LogP contribution in [0, 0.1) is 6.92 Å². The van der Waals surface area contributed by atoms with Crippen LogP contribution in [0.3, 0.4) is 0 Å². The molecule has 2 amide bonds. The standard InChI is InChI=1S/C20H30N4O2/c1-17-6-2-3-7-18(17)23-14-12-22(13-15-23)16-19(25)21-9-5-11-24-10-4-8-20(24)26/h2-3,6-7H,4-5,8-16H2,1H3,(H,21,25). The third kappa shape index (κ3) is 4.97. The van der Waals surface area contributed by atoms with E-state index < -0.39 is 0 Å². The second kappa shape index (κ2) is 9.03. The van der Waals surface area contributed by atoms with Crippen molar-refractivity contribution in [3.05, 3.63) is 29.8 Å². The topological polar surface area (TPSA) is 55.9 Å². The first-order chi connectivity index (χ1) is 12.6. The number of rotatable bonds is 7. The molecule has 26 heavy (non-hydrogen) atoms. The third-order valence-corrected chi connectivity index (χ3v) is 5.29. The summed E-state index contributed by atoms with van der Waals surface area (Å²) in [4.78, 5) is 30.2. The van der Waals surface area contributed by atoms with Crippen LogP contribution in [-0.4, -0.2) is 74.0 Å². The lowest BCUT2D eigenvalue weighted by atomic mass is 10.1. The van der Waals surface area contributed by atoms with Gasteiger partial charge in [0.1, 0.15) is 0 Å². The molecule has 2 fully saturated rings. The van der Waals surface area contributed by atoms with Gasteiger partial charge in [-0.1, -0.05) is 18.2 Å². The second-order valence-corrected chi connectivity index (χ2v) is 7.24. The van der Waals surface area contributed by atoms with Gasteiger partial charge in [-0.15, -0.1) is 0 Å². The Morgan fingerprint density at radius 2 is 1.88 bits per heavy atom. The molecule has 0 spiro atoms. The minimum Gasteiger partial charge on any atom is -0.369 e. The van der Waals surface area contributed by atoms with Crippen molar-refractivity contribution in [1.82, 2.24) is 15.1 Å². The fraction of sp³-hybridized carbons (Fsp3) is 0.600. The molecule has 1 aromatic carbocycles. The van der Waals surface area contributed by atoms with Gasteiger partial charge in [-0.05, 0) is 31.4 Å². The zero-order valence-corrected chi connectivity index (χ0v) is 15.7. The molecule has 0 aliphatic carbocycles. The van der Waals surface area contributed by atoms with Crippen molar-refractivity contribution in [3.8, 4) is 0 Å². The number of para-hydroxylation sites is 1. The number of aryl methyl sites for hydroxylation is 1. The Labute approximate surface area is 156 Å². The Kier molecular flexibility index (Phi) is 6.50. The van der Waals surface area contributed by atoms with Gasteiger partial charge in [-0.3, -0.25) is 14.5 Å². The number of piperazine rings is 1. The number of likely N-dealkylation sites (tertiary alicyclic amines) is 1. The fourth-order valence-corrected chi connectivity index (χ4v) is 3.76. The number of carbonyl (C=O) groups excluding carboxylic acids is 2. The van der Waals surface area contributed by atoms with Gasteiger partial charge >= 0.3 is 0 Å². The first-order valence-electron chi connectivity index (χ1n) is 9.71. The number of nitrogens with zero attached hydrogens (tertiary/aromatic N) is 3. The molecule has 0 bridgehead atoms. The largest absolute Gasteiger partial charge is 0.369 e. The van der Waals surface area contributed by atoms with E-state index in [1.54, 1.807) is 0 Å². The van der Waals surface area contributed by atoms with Gasteiger partial charge in [0, 0.05) is 57.9 Å². The van der Waals surface area contributed by atoms with E-state index in [2.05, 4.69) is 46.3 Å². The Morgan fingerprint density at radius 1 is 1.12 bits per heavy atom. The van der Waals surface area contributed by atoms with Crippen LogP contribution in [-0.2, 0) is 9.59 Å². The fourth-order valence-electron chi connectivity index (χ4n) is 3.76. The lowest BCUT2D eigenvalue weighted by Gasteiger charge is -2.36. The number of hydrogen-bond donors (Lipinski definition) is 1. The summed E-state index contributed by atoms with van der Waals surface area (Å²) < 4.78 is 0. The van der Waals surface area contributed by atoms with Crippen molar-refractivity contribution in [3.63, 3.8) is 0 Å². The molecule has 3 rings (SSSR count). The zero-order chi connectivity index (χ0) is 18.4. The molecule has 0 unspecified atom stereocenters. The van der Waals surface area contributed by atoms with E-state index >= 15 is 0 Å². The average molecular weight is 358 g/mol. The Morgan fingerprint density at radius 3 is 2.58 bits per heavy atom. The predicted molar refractivity (Wildman–Crippen MR) is 103 cm³/mol. The van der Waals surface area contributed by atoms with Crippen LogP contribution in [0.2, 0.25) is 0 Å². The molecule has 1 aromatic rings. The van der Waals surface area contributed by atoms with E-state index in [-0.39, 0.29) is 11.8 Å². The molecule has 0 radical (unpaired) electrons. The van der Waals surface area contributed by atoms with Gasteiger partial charge in [-0.25, -0.2) is 0 Å². The lowest BCUT2D eigenvalue weighted by Crippen LogP contribution is -2.49. The number of nitrogens with one attached hydrogen (secondary N) is 1. The number of carbonyl (C=O) groups is 2. The summed E-state index contributed by atoms with van der Waals surface area (Å²) in [6.45, 7) is 8.60. The predicted octanol–water partition coefficient (Wildman–Crippen LogP) is 1.25. The molecule has 142 valence electrons. The van der Waals surface area contributed by atoms with Crippen LogP contribution < -0.4 is 10.2 Å². The highest BCUT2D eigenvalue weighted by Crippen LogP contribution is 2.20. The second-order valence-electron chi connectivity index (χ2n) is 7.24. The summed E-state index contributed by atoms with van der Waals surface area (Å²) in [6.07, 6.45) is 2.49. The molecule has 2 saturated heterocycles. The first kappa shape index (κ1) is 18.7. The van der Waals surface area contributed by atoms with Crippen molar-refractivity contribution in [2.24, 2.45) is 0 Å². The maximum Gasteiger partial charge on any atom is 0.234 e. The van der Waals surface area contributed by atoms with Crippen LogP contribution in [0.15, 0.2) is 24.3 Å². The summed E-state index contributed by atoms with van der Waals surface area (Å²) in [5, 5.41) is 2.99. The molecule has 2 aliphatic heterocycles. The van der Waals surface area contributed by atoms with Crippen LogP contribution in [0.5, 0.6) is 0 Å². The monoisotopic (exact) mass is 358 g/mol. The van der Waals surface area contributed by atoms with Crippen molar-refractivity contribution < 1.29 is 9.59 Å². The molecule has 6 heteroatoms. The average Bonchev–Trinajstić information content (AvgIpc) is 3.05. The summed E-state index contributed by atoms with van der Waals surface area (Å²) in [6, 6.07) is 8.46. The van der Waals surface area contributed by atoms with E-state index in [9.17, 15) is 9.59 Å². The highest BCUT2D eigenvalue weighted by molar-refractivity contribution is 5.78. The van der Waals surface area contributed by atoms with Gasteiger partial charge in [0.15, 0.2) is 0 Å². The van der Waals surface area contributed by atoms with Gasteiger partial charge in [0.2, 0.25) is 11.8 Å². The van der Waals surface area contributed by atoms with E-state index in [0.29, 0.717) is 19.5 Å². The van der Waals surface area contributed by atoms with Crippen molar-refractivity contribution in [2.75, 3.05) is 57.3 Å². The molecule has 6 nitrogen and oxygen atoms in total. The maximum absolute atomic E-state index is 12.1. The maximum atomic E-state index is 12.1. The Hall–Kier alpha value is -2.08. The summed E-state index contributed by atoms with van der Waals surface area (Å²) in [5.74, 6) is 0.338. The molecule has 1 N–H and O–H groups in total. The molecule has 2 heterocycles. The Balaban J connectivity index is 1.32. The SMILES string of the molecule is Cc1ccccc1N1CCN(CC(=O)NCCCN2CCCC2=O)CC1. The minimum absolute atomic E-state index is 0.0853. The number of benzene rings is 1. The number of amides is 2. The van der Waals surface area contributed by atoms with Gasteiger partial charge < -0.3 is 15.1 Å². The summed E-state index contributed by atoms with van der Waals surface area (Å²) in [5.41, 5.74) is 2.60. The lowest BCUT2D eigenvalue weighted by molar-refractivity contribution is -0.127. The normalized spacial score (nSPS) is 18.4. The van der Waals surface area contributed by atoms with Gasteiger partial charge in [0.25, 0.3) is 0 Å². The van der Waals surface area contributed by atoms with Crippen LogP contribution in [0.1, 0.15) is 24.8 Å². The summed E-state index contributed by atoms with van der Waals surface area (Å²) >= 11 is 0. The van der Waals surface area contributed by atoms with Crippen molar-refractivity contribution in [1.29, 1.82) is 0 Å². The van der Waals surface area contributed by atoms with E-state index in [4.69, 9.17) is 0 Å². The molecular formula is C20H30N4O2. The first-order valence-corrected chi connectivity index (χ1v) is 9.71. The van der Waals surface area contributed by atoms with Crippen molar-refractivity contribution in [2.45, 2.75) is 26.2 Å². The molecule has 0 aromatic heterocycles. The van der Waals surface area contributed by atoms with Crippen LogP contribution in [0.25, 0.3) is 0 Å². The third-order valence-electron chi connectivity index (χ3n) is 5.29. The molecule has 2 aliphatic rings. The van der Waals surface area contributed by atoms with Gasteiger partial charge in [0.05, 0.1) is 6.54 Å². The quantitative estimate of drug-likeness (QED) is 0.746. The van der Waals surface area contributed by atoms with E-state index in [1.165, 1.54) is 11.3 Å². The molecular weight excluding hydrogens is 328 g/mol. The van der Waals surface area contributed by atoms with E-state index in [1.807, 2.05) is 4.90 Å². The smallest absolute Gasteiger partial charge is 0.234 e. The highest BCUT2D eigenvalue weighted by atomic mass is 16.2. The van der Waals surface area contributed by atoms with Gasteiger partial charge in [-0.2, -0.15) is 0 Å². The van der Waals surface area contributed by atoms with Crippen molar-refractivity contribution >= 4 is 17.5 Å². The number of anilines is 1. The minimum atomic E-state index is 0.0853. The summed E-state index contributed by atoms with van der Waals surface area (Å²) in [7, 11) is 0. The van der Waals surface area contributed by atoms with Crippen LogP contribution in [0.4, 0.5) is 5.69 Å². The Bertz CT molecular complexity index is 626.